The summed E-state index contributed by atoms with van der Waals surface area (Å²) < 4.78 is 14.2. The number of hydrogen-bond donors (Lipinski definition) is 1. The average Bonchev–Trinajstić information content (AvgIpc) is 2.44. The Morgan fingerprint density at radius 2 is 2.19 bits per heavy atom. The molecule has 0 aliphatic carbocycles. The number of aromatic nitrogens is 1. The Morgan fingerprint density at radius 3 is 2.86 bits per heavy atom. The Labute approximate surface area is 123 Å². The van der Waals surface area contributed by atoms with E-state index in [0.717, 1.165) is 12.8 Å². The second kappa shape index (κ2) is 7.36. The highest BCUT2D eigenvalue weighted by molar-refractivity contribution is 5.93. The minimum atomic E-state index is -0.739. The minimum absolute atomic E-state index is 0.167. The largest absolute Gasteiger partial charge is 0.352 e. The first-order valence-electron chi connectivity index (χ1n) is 7.46. The Bertz CT molecular complexity index is 538. The summed E-state index contributed by atoms with van der Waals surface area (Å²) in [6.45, 7) is 4.59. The highest BCUT2D eigenvalue weighted by atomic mass is 19.1. The molecule has 0 unspecified atom stereocenters. The number of pyridine rings is 1. The Morgan fingerprint density at radius 1 is 1.43 bits per heavy atom. The zero-order valence-electron chi connectivity index (χ0n) is 12.3. The lowest BCUT2D eigenvalue weighted by atomic mass is 10.2. The van der Waals surface area contributed by atoms with Gasteiger partial charge in [-0.05, 0) is 18.6 Å². The van der Waals surface area contributed by atoms with E-state index in [0.29, 0.717) is 32.7 Å². The van der Waals surface area contributed by atoms with Crippen LogP contribution < -0.4 is 10.9 Å². The van der Waals surface area contributed by atoms with Crippen molar-refractivity contribution in [3.8, 4) is 0 Å². The molecule has 0 spiro atoms. The van der Waals surface area contributed by atoms with Crippen molar-refractivity contribution in [3.63, 3.8) is 0 Å². The van der Waals surface area contributed by atoms with Crippen LogP contribution in [0.4, 0.5) is 4.39 Å². The molecule has 2 rings (SSSR count). The van der Waals surface area contributed by atoms with E-state index >= 15 is 0 Å². The van der Waals surface area contributed by atoms with E-state index in [4.69, 9.17) is 0 Å². The van der Waals surface area contributed by atoms with Crippen LogP contribution in [0.25, 0.3) is 0 Å². The molecule has 0 atom stereocenters. The van der Waals surface area contributed by atoms with Crippen LogP contribution >= 0.6 is 0 Å². The number of carbonyl (C=O) groups excluding carboxylic acids is 1. The third-order valence-electron chi connectivity index (χ3n) is 3.65. The van der Waals surface area contributed by atoms with Crippen LogP contribution in [-0.2, 0) is 6.54 Å². The first-order valence-corrected chi connectivity index (χ1v) is 7.46. The molecule has 5 nitrogen and oxygen atoms in total. The summed E-state index contributed by atoms with van der Waals surface area (Å²) in [6, 6.07) is 3.24. The summed E-state index contributed by atoms with van der Waals surface area (Å²) in [6.07, 6.45) is 2.81. The van der Waals surface area contributed by atoms with Crippen LogP contribution in [0, 0.1) is 0 Å². The van der Waals surface area contributed by atoms with Crippen LogP contribution in [0.2, 0.25) is 0 Å². The van der Waals surface area contributed by atoms with Crippen molar-refractivity contribution in [2.45, 2.75) is 32.5 Å². The van der Waals surface area contributed by atoms with Crippen molar-refractivity contribution in [1.82, 2.24) is 14.8 Å². The molecule has 1 saturated heterocycles. The van der Waals surface area contributed by atoms with E-state index < -0.39 is 6.17 Å². The molecule has 0 radical (unpaired) electrons. The van der Waals surface area contributed by atoms with Crippen molar-refractivity contribution in [3.05, 3.63) is 34.2 Å². The molecular weight excluding hydrogens is 273 g/mol. The highest BCUT2D eigenvalue weighted by Gasteiger charge is 2.25. The van der Waals surface area contributed by atoms with Crippen molar-refractivity contribution in [1.29, 1.82) is 0 Å². The lowest BCUT2D eigenvalue weighted by Gasteiger charge is -2.34. The fourth-order valence-electron chi connectivity index (χ4n) is 2.30. The third-order valence-corrected chi connectivity index (χ3v) is 3.65. The van der Waals surface area contributed by atoms with Gasteiger partial charge in [0.05, 0.1) is 0 Å². The number of nitrogens with one attached hydrogen (secondary N) is 1. The van der Waals surface area contributed by atoms with Gasteiger partial charge in [0.25, 0.3) is 11.5 Å². The van der Waals surface area contributed by atoms with Gasteiger partial charge in [-0.25, -0.2) is 4.39 Å². The molecule has 2 heterocycles. The summed E-state index contributed by atoms with van der Waals surface area (Å²) in [5.41, 5.74) is -0.121. The van der Waals surface area contributed by atoms with E-state index in [1.54, 1.807) is 18.3 Å². The second-order valence-electron chi connectivity index (χ2n) is 5.39. The number of amides is 1. The molecule has 0 aromatic carbocycles. The fraction of sp³-hybridized carbons (Fsp3) is 0.600. The summed E-state index contributed by atoms with van der Waals surface area (Å²) in [7, 11) is 0. The highest BCUT2D eigenvalue weighted by Crippen LogP contribution is 2.10. The van der Waals surface area contributed by atoms with E-state index in [1.807, 2.05) is 11.8 Å². The zero-order chi connectivity index (χ0) is 15.2. The molecule has 1 aromatic rings. The molecule has 0 saturated carbocycles. The molecular formula is C15H22FN3O2. The molecule has 1 N–H and O–H groups in total. The molecule has 1 amide bonds. The smallest absolute Gasteiger partial charge is 0.263 e. The number of likely N-dealkylation sites (tertiary alicyclic amines) is 1. The van der Waals surface area contributed by atoms with E-state index in [-0.39, 0.29) is 17.0 Å². The Hall–Kier alpha value is -1.69. The number of unbranched alkanes of at least 4 members (excludes halogenated alkanes) is 1. The van der Waals surface area contributed by atoms with Crippen LogP contribution in [0.5, 0.6) is 0 Å². The molecule has 1 fully saturated rings. The number of carbonyl (C=O) groups is 1. The molecule has 1 aromatic heterocycles. The van der Waals surface area contributed by atoms with Gasteiger partial charge >= 0.3 is 0 Å². The second-order valence-corrected chi connectivity index (χ2v) is 5.39. The molecule has 1 aliphatic rings. The van der Waals surface area contributed by atoms with Gasteiger partial charge in [-0.15, -0.1) is 0 Å². The fourth-order valence-corrected chi connectivity index (χ4v) is 2.30. The van der Waals surface area contributed by atoms with E-state index in [9.17, 15) is 14.0 Å². The maximum Gasteiger partial charge on any atom is 0.263 e. The summed E-state index contributed by atoms with van der Waals surface area (Å²) >= 11 is 0. The predicted octanol–water partition coefficient (Wildman–Crippen LogP) is 1.03. The van der Waals surface area contributed by atoms with Crippen LogP contribution in [0.1, 0.15) is 30.1 Å². The molecule has 1 aliphatic heterocycles. The number of hydrogen-bond acceptors (Lipinski definition) is 3. The van der Waals surface area contributed by atoms with Crippen LogP contribution in [0.3, 0.4) is 0 Å². The van der Waals surface area contributed by atoms with Crippen LogP contribution in [-0.4, -0.2) is 47.7 Å². The number of halogens is 1. The van der Waals surface area contributed by atoms with Gasteiger partial charge < -0.3 is 9.88 Å². The topological polar surface area (TPSA) is 54.3 Å². The summed E-state index contributed by atoms with van der Waals surface area (Å²) in [5, 5.41) is 2.75. The average molecular weight is 295 g/mol. The predicted molar refractivity (Wildman–Crippen MR) is 79.3 cm³/mol. The maximum atomic E-state index is 12.7. The van der Waals surface area contributed by atoms with Gasteiger partial charge in [0.2, 0.25) is 0 Å². The van der Waals surface area contributed by atoms with Crippen molar-refractivity contribution in [2.24, 2.45) is 0 Å². The monoisotopic (exact) mass is 295 g/mol. The molecule has 6 heteroatoms. The Balaban J connectivity index is 1.95. The molecule has 0 bridgehead atoms. The lowest BCUT2D eigenvalue weighted by molar-refractivity contribution is 0.0625. The standard InChI is InChI=1S/C15H22FN3O2/c1-2-3-6-17-14(20)13-5-4-7-19(15(13)21)9-8-18-10-12(16)11-18/h4-5,7,12H,2-3,6,8-11H2,1H3,(H,17,20). The lowest BCUT2D eigenvalue weighted by Crippen LogP contribution is -2.49. The van der Waals surface area contributed by atoms with Crippen LogP contribution in [0.15, 0.2) is 23.1 Å². The number of nitrogens with zero attached hydrogens (tertiary/aromatic N) is 2. The number of rotatable bonds is 7. The SMILES string of the molecule is CCCCNC(=O)c1cccn(CCN2CC(F)C2)c1=O. The van der Waals surface area contributed by atoms with Gasteiger partial charge in [0.15, 0.2) is 0 Å². The van der Waals surface area contributed by atoms with Crippen molar-refractivity contribution < 1.29 is 9.18 Å². The van der Waals surface area contributed by atoms with E-state index in [1.165, 1.54) is 4.57 Å². The first-order chi connectivity index (χ1) is 10.1. The van der Waals surface area contributed by atoms with Gasteiger partial charge in [-0.3, -0.25) is 14.5 Å². The first kappa shape index (κ1) is 15.7. The van der Waals surface area contributed by atoms with Gasteiger partial charge in [-0.2, -0.15) is 0 Å². The minimum Gasteiger partial charge on any atom is -0.352 e. The Kier molecular flexibility index (Phi) is 5.50. The van der Waals surface area contributed by atoms with Gasteiger partial charge in [0.1, 0.15) is 11.7 Å². The normalized spacial score (nSPS) is 15.7. The maximum absolute atomic E-state index is 12.7. The van der Waals surface area contributed by atoms with Crippen molar-refractivity contribution in [2.75, 3.05) is 26.2 Å². The zero-order valence-corrected chi connectivity index (χ0v) is 12.3. The van der Waals surface area contributed by atoms with Gasteiger partial charge in [-0.1, -0.05) is 13.3 Å². The van der Waals surface area contributed by atoms with Gasteiger partial charge in [0, 0.05) is 38.9 Å². The molecule has 21 heavy (non-hydrogen) atoms. The number of alkyl halides is 1. The quantitative estimate of drug-likeness (QED) is 0.765. The van der Waals surface area contributed by atoms with Crippen molar-refractivity contribution >= 4 is 5.91 Å². The summed E-state index contributed by atoms with van der Waals surface area (Å²) in [5.74, 6) is -0.324. The molecule has 116 valence electrons. The van der Waals surface area contributed by atoms with E-state index in [2.05, 4.69) is 5.32 Å². The third kappa shape index (κ3) is 4.14. The summed E-state index contributed by atoms with van der Waals surface area (Å²) in [4.78, 5) is 26.1.